The van der Waals surface area contributed by atoms with E-state index < -0.39 is 0 Å². The first kappa shape index (κ1) is 20.2. The molecule has 1 amide bonds. The summed E-state index contributed by atoms with van der Waals surface area (Å²) in [4.78, 5) is 21.8. The molecule has 6 nitrogen and oxygen atoms in total. The van der Waals surface area contributed by atoms with E-state index >= 15 is 0 Å². The smallest absolute Gasteiger partial charge is 0.255 e. The summed E-state index contributed by atoms with van der Waals surface area (Å²) in [6, 6.07) is 18.5. The first-order chi connectivity index (χ1) is 15.7. The number of aromatic nitrogens is 3. The van der Waals surface area contributed by atoms with Gasteiger partial charge in [0.15, 0.2) is 5.65 Å². The zero-order valence-electron chi connectivity index (χ0n) is 17.7. The summed E-state index contributed by atoms with van der Waals surface area (Å²) in [7, 11) is 0. The molecule has 0 N–H and O–H groups in total. The first-order valence-corrected chi connectivity index (χ1v) is 10.8. The predicted molar refractivity (Wildman–Crippen MR) is 122 cm³/mol. The molecule has 1 saturated heterocycles. The van der Waals surface area contributed by atoms with Crippen LogP contribution in [-0.2, 0) is 6.54 Å². The van der Waals surface area contributed by atoms with Gasteiger partial charge in [0.1, 0.15) is 5.82 Å². The molecule has 0 spiro atoms. The van der Waals surface area contributed by atoms with Crippen molar-refractivity contribution in [3.8, 4) is 0 Å². The monoisotopic (exact) mass is 429 g/mol. The molecule has 0 radical (unpaired) electrons. The highest BCUT2D eigenvalue weighted by atomic mass is 19.1. The number of pyridine rings is 1. The van der Waals surface area contributed by atoms with Gasteiger partial charge in [-0.15, -0.1) is 0 Å². The van der Waals surface area contributed by atoms with Gasteiger partial charge in [-0.05, 0) is 42.3 Å². The van der Waals surface area contributed by atoms with Crippen LogP contribution in [0, 0.1) is 5.82 Å². The van der Waals surface area contributed by atoms with Crippen LogP contribution in [0.1, 0.15) is 22.3 Å². The lowest BCUT2D eigenvalue weighted by Crippen LogP contribution is -2.35. The number of anilines is 1. The zero-order chi connectivity index (χ0) is 21.9. The van der Waals surface area contributed by atoms with Gasteiger partial charge >= 0.3 is 0 Å². The number of rotatable bonds is 4. The lowest BCUT2D eigenvalue weighted by atomic mass is 10.2. The molecule has 3 heterocycles. The molecule has 1 fully saturated rings. The van der Waals surface area contributed by atoms with Crippen LogP contribution in [0.15, 0.2) is 73.1 Å². The molecular formula is C25H24FN5O. The van der Waals surface area contributed by atoms with Gasteiger partial charge in [0.25, 0.3) is 5.91 Å². The molecule has 1 aliphatic heterocycles. The fraction of sp³-hybridized carbons (Fsp3) is 0.240. The third kappa shape index (κ3) is 4.19. The van der Waals surface area contributed by atoms with E-state index in [0.29, 0.717) is 31.7 Å². The molecule has 2 aromatic heterocycles. The minimum atomic E-state index is -0.240. The van der Waals surface area contributed by atoms with Crippen LogP contribution >= 0.6 is 0 Å². The SMILES string of the molecule is O=C(c1cnc2c(cnn2Cc2ccccc2)c1)N1CCCN(c2ccc(F)cc2)CC1. The van der Waals surface area contributed by atoms with Gasteiger partial charge in [-0.25, -0.2) is 14.1 Å². The molecule has 32 heavy (non-hydrogen) atoms. The molecule has 0 bridgehead atoms. The van der Waals surface area contributed by atoms with Crippen LogP contribution in [0.2, 0.25) is 0 Å². The summed E-state index contributed by atoms with van der Waals surface area (Å²) in [6.45, 7) is 3.47. The van der Waals surface area contributed by atoms with E-state index in [-0.39, 0.29) is 11.7 Å². The van der Waals surface area contributed by atoms with Gasteiger partial charge in [0, 0.05) is 43.4 Å². The van der Waals surface area contributed by atoms with E-state index in [2.05, 4.69) is 27.1 Å². The zero-order valence-corrected chi connectivity index (χ0v) is 17.7. The number of benzene rings is 2. The average molecular weight is 429 g/mol. The van der Waals surface area contributed by atoms with Gasteiger partial charge in [-0.3, -0.25) is 4.79 Å². The van der Waals surface area contributed by atoms with Crippen LogP contribution in [0.3, 0.4) is 0 Å². The minimum Gasteiger partial charge on any atom is -0.370 e. The summed E-state index contributed by atoms with van der Waals surface area (Å²) in [5.74, 6) is -0.258. The Balaban J connectivity index is 1.29. The van der Waals surface area contributed by atoms with Gasteiger partial charge < -0.3 is 9.80 Å². The number of hydrogen-bond donors (Lipinski definition) is 0. The topological polar surface area (TPSA) is 54.3 Å². The van der Waals surface area contributed by atoms with Crippen LogP contribution in [-0.4, -0.2) is 51.8 Å². The highest BCUT2D eigenvalue weighted by Gasteiger charge is 2.21. The Morgan fingerprint density at radius 1 is 0.938 bits per heavy atom. The Morgan fingerprint density at radius 3 is 2.56 bits per heavy atom. The highest BCUT2D eigenvalue weighted by Crippen LogP contribution is 2.19. The van der Waals surface area contributed by atoms with Gasteiger partial charge in [0.05, 0.1) is 18.3 Å². The Kier molecular flexibility index (Phi) is 5.54. The molecule has 0 unspecified atom stereocenters. The van der Waals surface area contributed by atoms with E-state index in [9.17, 15) is 9.18 Å². The van der Waals surface area contributed by atoms with Crippen molar-refractivity contribution in [1.29, 1.82) is 0 Å². The second kappa shape index (κ2) is 8.78. The van der Waals surface area contributed by atoms with Crippen LogP contribution in [0.4, 0.5) is 10.1 Å². The average Bonchev–Trinajstić information content (AvgIpc) is 3.05. The molecule has 0 atom stereocenters. The third-order valence-electron chi connectivity index (χ3n) is 5.87. The Morgan fingerprint density at radius 2 is 1.75 bits per heavy atom. The summed E-state index contributed by atoms with van der Waals surface area (Å²) in [5, 5.41) is 5.32. The number of amides is 1. The minimum absolute atomic E-state index is 0.0174. The van der Waals surface area contributed by atoms with E-state index in [1.807, 2.05) is 33.8 Å². The van der Waals surface area contributed by atoms with E-state index in [4.69, 9.17) is 0 Å². The largest absolute Gasteiger partial charge is 0.370 e. The maximum Gasteiger partial charge on any atom is 0.255 e. The van der Waals surface area contributed by atoms with Gasteiger partial charge in [-0.1, -0.05) is 30.3 Å². The predicted octanol–water partition coefficient (Wildman–Crippen LogP) is 3.97. The number of nitrogens with zero attached hydrogens (tertiary/aromatic N) is 5. The molecule has 162 valence electrons. The molecule has 1 aliphatic rings. The molecule has 2 aromatic carbocycles. The van der Waals surface area contributed by atoms with Crippen molar-refractivity contribution in [1.82, 2.24) is 19.7 Å². The maximum absolute atomic E-state index is 13.2. The number of hydrogen-bond acceptors (Lipinski definition) is 4. The van der Waals surface area contributed by atoms with Crippen LogP contribution < -0.4 is 4.90 Å². The maximum atomic E-state index is 13.2. The molecular weight excluding hydrogens is 405 g/mol. The van der Waals surface area contributed by atoms with Crippen molar-refractivity contribution in [3.05, 3.63) is 90.0 Å². The second-order valence-corrected chi connectivity index (χ2v) is 8.03. The van der Waals surface area contributed by atoms with Crippen molar-refractivity contribution >= 4 is 22.6 Å². The molecule has 0 aliphatic carbocycles. The van der Waals surface area contributed by atoms with Crippen molar-refractivity contribution in [3.63, 3.8) is 0 Å². The number of halogens is 1. The van der Waals surface area contributed by atoms with E-state index in [0.717, 1.165) is 35.2 Å². The first-order valence-electron chi connectivity index (χ1n) is 10.8. The second-order valence-electron chi connectivity index (χ2n) is 8.03. The summed E-state index contributed by atoms with van der Waals surface area (Å²) < 4.78 is 15.1. The summed E-state index contributed by atoms with van der Waals surface area (Å²) in [6.07, 6.45) is 4.27. The quantitative estimate of drug-likeness (QED) is 0.493. The lowest BCUT2D eigenvalue weighted by molar-refractivity contribution is 0.0767. The van der Waals surface area contributed by atoms with Crippen molar-refractivity contribution in [2.45, 2.75) is 13.0 Å². The van der Waals surface area contributed by atoms with E-state index in [1.54, 1.807) is 24.5 Å². The number of carbonyl (C=O) groups excluding carboxylic acids is 1. The van der Waals surface area contributed by atoms with Crippen molar-refractivity contribution in [2.24, 2.45) is 0 Å². The molecule has 5 rings (SSSR count). The van der Waals surface area contributed by atoms with Crippen molar-refractivity contribution < 1.29 is 9.18 Å². The Bertz CT molecular complexity index is 1220. The fourth-order valence-electron chi connectivity index (χ4n) is 4.17. The summed E-state index contributed by atoms with van der Waals surface area (Å²) >= 11 is 0. The fourth-order valence-corrected chi connectivity index (χ4v) is 4.17. The third-order valence-corrected chi connectivity index (χ3v) is 5.87. The highest BCUT2D eigenvalue weighted by molar-refractivity contribution is 5.96. The summed E-state index contributed by atoms with van der Waals surface area (Å²) in [5.41, 5.74) is 3.47. The Labute approximate surface area is 185 Å². The molecule has 7 heteroatoms. The van der Waals surface area contributed by atoms with E-state index in [1.165, 1.54) is 12.1 Å². The van der Waals surface area contributed by atoms with Gasteiger partial charge in [0.2, 0.25) is 0 Å². The Hall–Kier alpha value is -3.74. The van der Waals surface area contributed by atoms with Crippen LogP contribution in [0.5, 0.6) is 0 Å². The normalized spacial score (nSPS) is 14.5. The van der Waals surface area contributed by atoms with Crippen LogP contribution in [0.25, 0.3) is 11.0 Å². The standard InChI is InChI=1S/C25H24FN5O/c26-22-7-9-23(10-8-22)29-11-4-12-30(14-13-29)25(32)21-15-20-17-28-31(24(20)27-16-21)18-19-5-2-1-3-6-19/h1-3,5-10,15-17H,4,11-14,18H2. The molecule has 4 aromatic rings. The van der Waals surface area contributed by atoms with Crippen molar-refractivity contribution in [2.75, 3.05) is 31.1 Å². The molecule has 0 saturated carbocycles. The number of carbonyl (C=O) groups is 1. The van der Waals surface area contributed by atoms with Gasteiger partial charge in [-0.2, -0.15) is 5.10 Å². The number of fused-ring (bicyclic) bond motifs is 1. The lowest BCUT2D eigenvalue weighted by Gasteiger charge is -2.23.